The maximum absolute atomic E-state index is 13.4. The van der Waals surface area contributed by atoms with E-state index < -0.39 is 24.4 Å². The molecule has 0 saturated carbocycles. The van der Waals surface area contributed by atoms with Crippen molar-refractivity contribution in [1.29, 1.82) is 0 Å². The lowest BCUT2D eigenvalue weighted by molar-refractivity contribution is 0.262. The molecule has 1 heterocycles. The summed E-state index contributed by atoms with van der Waals surface area (Å²) in [5.41, 5.74) is 2.74. The first-order valence-electron chi connectivity index (χ1n) is 15.5. The van der Waals surface area contributed by atoms with Gasteiger partial charge in [0.15, 0.2) is 5.75 Å². The van der Waals surface area contributed by atoms with Crippen molar-refractivity contribution < 1.29 is 32.7 Å². The Labute approximate surface area is 293 Å². The molecule has 0 bridgehead atoms. The molecule has 0 aliphatic heterocycles. The second kappa shape index (κ2) is 14.8. The van der Waals surface area contributed by atoms with Gasteiger partial charge in [-0.25, -0.2) is 14.0 Å². The molecular formula is C36H40N5O7PS. The predicted molar refractivity (Wildman–Crippen MR) is 202 cm³/mol. The van der Waals surface area contributed by atoms with Gasteiger partial charge >= 0.3 is 6.03 Å². The van der Waals surface area contributed by atoms with Crippen molar-refractivity contribution >= 4 is 69.0 Å². The quantitative estimate of drug-likeness (QED) is 0.0854. The maximum atomic E-state index is 13.4. The Balaban J connectivity index is 1.38. The summed E-state index contributed by atoms with van der Waals surface area (Å²) in [5, 5.41) is 10.8. The molecule has 0 spiro atoms. The number of methoxy groups -OCH3 is 2. The highest BCUT2D eigenvalue weighted by Crippen LogP contribution is 2.41. The Morgan fingerprint density at radius 2 is 1.56 bits per heavy atom. The number of anilines is 5. The zero-order chi connectivity index (χ0) is 36.2. The van der Waals surface area contributed by atoms with E-state index in [9.17, 15) is 18.5 Å². The number of nitrogens with zero attached hydrogens (tertiary/aromatic N) is 1. The molecule has 12 nitrogen and oxygen atoms in total. The van der Waals surface area contributed by atoms with Crippen LogP contribution in [0.2, 0.25) is 0 Å². The van der Waals surface area contributed by atoms with Gasteiger partial charge in [-0.2, -0.15) is 0 Å². The summed E-state index contributed by atoms with van der Waals surface area (Å²) in [6.07, 6.45) is 3.12. The lowest BCUT2D eigenvalue weighted by Gasteiger charge is -2.24. The summed E-state index contributed by atoms with van der Waals surface area (Å²) in [6, 6.07) is 22.6. The molecule has 0 saturated heterocycles. The van der Waals surface area contributed by atoms with Crippen molar-refractivity contribution in [1.82, 2.24) is 4.98 Å². The molecule has 0 aliphatic rings. The van der Waals surface area contributed by atoms with E-state index in [-0.39, 0.29) is 16.5 Å². The van der Waals surface area contributed by atoms with Crippen molar-refractivity contribution in [3.8, 4) is 23.0 Å². The monoisotopic (exact) mass is 717 g/mol. The lowest BCUT2D eigenvalue weighted by Crippen LogP contribution is -2.21. The second-order valence-electron chi connectivity index (χ2n) is 12.5. The SMILES string of the molecule is COc1cc(Nc2cc(Oc3ccc(NC(=O)Nc4cc(C(C)(C)C)cc(NS(C)=O)c4OC)c4ccccc34)ccn2)ccc1P(C)(=O)O. The minimum Gasteiger partial charge on any atom is -0.496 e. The third kappa shape index (κ3) is 8.54. The van der Waals surface area contributed by atoms with E-state index >= 15 is 0 Å². The molecule has 5 aromatic rings. The average molecular weight is 718 g/mol. The topological polar surface area (TPSA) is 160 Å². The Bertz CT molecular complexity index is 2130. The fourth-order valence-corrected chi connectivity index (χ4v) is 6.64. The van der Waals surface area contributed by atoms with Crippen LogP contribution in [0.5, 0.6) is 23.0 Å². The average Bonchev–Trinajstić information content (AvgIpc) is 3.04. The smallest absolute Gasteiger partial charge is 0.323 e. The number of hydrogen-bond donors (Lipinski definition) is 5. The largest absolute Gasteiger partial charge is 0.496 e. The van der Waals surface area contributed by atoms with Crippen LogP contribution in [0.15, 0.2) is 85.1 Å². The molecule has 4 aromatic carbocycles. The van der Waals surface area contributed by atoms with Crippen LogP contribution in [0.4, 0.5) is 33.4 Å². The first kappa shape index (κ1) is 36.2. The first-order valence-corrected chi connectivity index (χ1v) is 19.1. The summed E-state index contributed by atoms with van der Waals surface area (Å²) in [5.74, 6) is 2.19. The van der Waals surface area contributed by atoms with Crippen LogP contribution in [0.1, 0.15) is 26.3 Å². The van der Waals surface area contributed by atoms with Gasteiger partial charge in [-0.15, -0.1) is 0 Å². The highest BCUT2D eigenvalue weighted by molar-refractivity contribution is 7.85. The van der Waals surface area contributed by atoms with E-state index in [0.717, 1.165) is 16.3 Å². The molecule has 1 aromatic heterocycles. The lowest BCUT2D eigenvalue weighted by atomic mass is 9.86. The van der Waals surface area contributed by atoms with E-state index in [0.29, 0.717) is 45.8 Å². The van der Waals surface area contributed by atoms with Gasteiger partial charge in [0.2, 0.25) is 7.37 Å². The number of ether oxygens (including phenoxy) is 3. The van der Waals surface area contributed by atoms with Crippen molar-refractivity contribution in [3.63, 3.8) is 0 Å². The zero-order valence-electron chi connectivity index (χ0n) is 28.8. The summed E-state index contributed by atoms with van der Waals surface area (Å²) < 4.78 is 44.4. The molecule has 50 heavy (non-hydrogen) atoms. The number of hydrogen-bond acceptors (Lipinski definition) is 8. The van der Waals surface area contributed by atoms with Gasteiger partial charge in [0.05, 0.1) is 36.6 Å². The number of pyridine rings is 1. The van der Waals surface area contributed by atoms with Crippen LogP contribution in [-0.4, -0.2) is 47.3 Å². The van der Waals surface area contributed by atoms with Gasteiger partial charge in [-0.1, -0.05) is 45.0 Å². The summed E-state index contributed by atoms with van der Waals surface area (Å²) >= 11 is 0. The molecule has 0 fully saturated rings. The predicted octanol–water partition coefficient (Wildman–Crippen LogP) is 7.96. The van der Waals surface area contributed by atoms with E-state index in [4.69, 9.17) is 14.2 Å². The van der Waals surface area contributed by atoms with Crippen molar-refractivity contribution in [2.24, 2.45) is 0 Å². The van der Waals surface area contributed by atoms with E-state index in [2.05, 4.69) is 25.7 Å². The van der Waals surface area contributed by atoms with E-state index in [1.54, 1.807) is 48.7 Å². The Hall–Kier alpha value is -5.10. The number of aromatic nitrogens is 1. The van der Waals surface area contributed by atoms with Crippen LogP contribution in [0.25, 0.3) is 10.8 Å². The van der Waals surface area contributed by atoms with Gasteiger partial charge in [-0.3, -0.25) is 4.57 Å². The number of urea groups is 1. The van der Waals surface area contributed by atoms with Gasteiger partial charge in [0, 0.05) is 47.7 Å². The fraction of sp³-hybridized carbons (Fsp3) is 0.222. The molecule has 5 N–H and O–H groups in total. The van der Waals surface area contributed by atoms with E-state index in [1.807, 2.05) is 57.2 Å². The number of carbonyl (C=O) groups is 1. The zero-order valence-corrected chi connectivity index (χ0v) is 30.5. The minimum atomic E-state index is -3.52. The summed E-state index contributed by atoms with van der Waals surface area (Å²) in [4.78, 5) is 27.8. The van der Waals surface area contributed by atoms with Crippen molar-refractivity contribution in [2.75, 3.05) is 47.8 Å². The number of fused-ring (bicyclic) bond motifs is 1. The van der Waals surface area contributed by atoms with Crippen LogP contribution in [0, 0.1) is 0 Å². The Kier molecular flexibility index (Phi) is 10.7. The maximum Gasteiger partial charge on any atom is 0.323 e. The fourth-order valence-electron chi connectivity index (χ4n) is 5.27. The molecular weight excluding hydrogens is 677 g/mol. The Morgan fingerprint density at radius 3 is 2.22 bits per heavy atom. The first-order chi connectivity index (χ1) is 23.7. The van der Waals surface area contributed by atoms with Crippen molar-refractivity contribution in [3.05, 3.63) is 90.6 Å². The van der Waals surface area contributed by atoms with Crippen molar-refractivity contribution in [2.45, 2.75) is 26.2 Å². The standard InChI is InChI=1S/C36H40N5O7PS/c1-36(2,3)22-18-28(34(47-5)29(19-22)41-50(7)45)40-35(42)39-27-13-14-30(26-11-9-8-10-25(26)27)48-24-16-17-37-33(21-24)38-23-12-15-32(49(6,43)44)31(20-23)46-4/h8-21,41H,1-7H3,(H,37,38)(H,43,44)(H2,39,40,42). The van der Waals surface area contributed by atoms with Gasteiger partial charge in [0.1, 0.15) is 34.1 Å². The van der Waals surface area contributed by atoms with Gasteiger partial charge in [0.25, 0.3) is 0 Å². The summed E-state index contributed by atoms with van der Waals surface area (Å²) in [6.45, 7) is 7.40. The molecule has 0 radical (unpaired) electrons. The number of rotatable bonds is 11. The number of carbonyl (C=O) groups excluding carboxylic acids is 1. The molecule has 14 heteroatoms. The third-order valence-corrected chi connectivity index (χ3v) is 9.42. The van der Waals surface area contributed by atoms with Crippen LogP contribution in [0.3, 0.4) is 0 Å². The molecule has 262 valence electrons. The second-order valence-corrected chi connectivity index (χ2v) is 15.9. The van der Waals surface area contributed by atoms with Crippen LogP contribution >= 0.6 is 7.37 Å². The number of amides is 2. The third-order valence-electron chi connectivity index (χ3n) is 7.65. The molecule has 2 atom stereocenters. The van der Waals surface area contributed by atoms with Gasteiger partial charge < -0.3 is 39.8 Å². The molecule has 0 aliphatic carbocycles. The molecule has 2 amide bonds. The van der Waals surface area contributed by atoms with Gasteiger partial charge in [-0.05, 0) is 53.4 Å². The highest BCUT2D eigenvalue weighted by Gasteiger charge is 2.22. The normalized spacial score (nSPS) is 13.1. The molecule has 5 rings (SSSR count). The Morgan fingerprint density at radius 1 is 0.860 bits per heavy atom. The highest BCUT2D eigenvalue weighted by atomic mass is 32.2. The molecule has 2 unspecified atom stereocenters. The number of nitrogens with one attached hydrogen (secondary N) is 4. The number of benzene rings is 4. The van der Waals surface area contributed by atoms with Crippen LogP contribution < -0.4 is 40.2 Å². The van der Waals surface area contributed by atoms with Crippen LogP contribution in [-0.2, 0) is 21.0 Å². The summed E-state index contributed by atoms with van der Waals surface area (Å²) in [7, 11) is -1.95. The minimum absolute atomic E-state index is 0.226. The van der Waals surface area contributed by atoms with E-state index in [1.165, 1.54) is 27.1 Å².